The van der Waals surface area contributed by atoms with Crippen LogP contribution in [0, 0.1) is 11.8 Å². The minimum atomic E-state index is -0.269. The van der Waals surface area contributed by atoms with Gasteiger partial charge in [-0.25, -0.2) is 0 Å². The Hall–Kier alpha value is 0.180. The van der Waals surface area contributed by atoms with Crippen LogP contribution in [0.15, 0.2) is 10.1 Å². The lowest BCUT2D eigenvalue weighted by molar-refractivity contribution is 0.168. The molecule has 1 aliphatic rings. The summed E-state index contributed by atoms with van der Waals surface area (Å²) in [6.07, 6.45) is 2.99. The third kappa shape index (κ3) is 2.81. The van der Waals surface area contributed by atoms with Crippen LogP contribution in [0.4, 0.5) is 0 Å². The molecule has 0 unspecified atom stereocenters. The van der Waals surface area contributed by atoms with Gasteiger partial charge in [-0.3, -0.25) is 0 Å². The standard InChI is InChI=1S/C11H19BrO/c1-7(2)9-5-4-8(3)11(12)10(13)6-9/h7,9-10,13H,4-6H2,1-3H3/t9-,10+/m1/s1. The molecule has 2 heteroatoms. The van der Waals surface area contributed by atoms with E-state index in [1.54, 1.807) is 0 Å². The first-order valence-electron chi connectivity index (χ1n) is 5.05. The summed E-state index contributed by atoms with van der Waals surface area (Å²) in [5.74, 6) is 1.35. The van der Waals surface area contributed by atoms with E-state index in [4.69, 9.17) is 0 Å². The van der Waals surface area contributed by atoms with Gasteiger partial charge < -0.3 is 5.11 Å². The van der Waals surface area contributed by atoms with Crippen LogP contribution in [0.3, 0.4) is 0 Å². The van der Waals surface area contributed by atoms with Gasteiger partial charge in [0.05, 0.1) is 6.10 Å². The Morgan fingerprint density at radius 3 is 2.62 bits per heavy atom. The van der Waals surface area contributed by atoms with E-state index in [0.717, 1.165) is 17.3 Å². The van der Waals surface area contributed by atoms with Crippen LogP contribution in [0.2, 0.25) is 0 Å². The van der Waals surface area contributed by atoms with Gasteiger partial charge in [0.25, 0.3) is 0 Å². The molecule has 1 nitrogen and oxygen atoms in total. The van der Waals surface area contributed by atoms with Crippen LogP contribution in [0.25, 0.3) is 0 Å². The molecule has 0 saturated heterocycles. The van der Waals surface area contributed by atoms with Crippen LogP contribution in [-0.4, -0.2) is 11.2 Å². The van der Waals surface area contributed by atoms with Gasteiger partial charge in [0, 0.05) is 4.48 Å². The van der Waals surface area contributed by atoms with Crippen molar-refractivity contribution >= 4 is 15.9 Å². The lowest BCUT2D eigenvalue weighted by Gasteiger charge is -2.20. The summed E-state index contributed by atoms with van der Waals surface area (Å²) in [4.78, 5) is 0. The van der Waals surface area contributed by atoms with Crippen molar-refractivity contribution in [2.45, 2.75) is 46.1 Å². The average Bonchev–Trinajstić information content (AvgIpc) is 2.19. The van der Waals surface area contributed by atoms with Crippen molar-refractivity contribution in [2.75, 3.05) is 0 Å². The van der Waals surface area contributed by atoms with Crippen LogP contribution in [0.1, 0.15) is 40.0 Å². The molecule has 0 bridgehead atoms. The fourth-order valence-electron chi connectivity index (χ4n) is 1.92. The first kappa shape index (κ1) is 11.3. The molecule has 0 aliphatic heterocycles. The maximum Gasteiger partial charge on any atom is 0.0856 e. The van der Waals surface area contributed by atoms with Crippen LogP contribution < -0.4 is 0 Å². The number of halogens is 1. The highest BCUT2D eigenvalue weighted by Gasteiger charge is 2.23. The molecule has 0 heterocycles. The highest BCUT2D eigenvalue weighted by molar-refractivity contribution is 9.11. The Morgan fingerprint density at radius 1 is 1.46 bits per heavy atom. The molecule has 2 atom stereocenters. The van der Waals surface area contributed by atoms with E-state index in [1.807, 2.05) is 0 Å². The maximum atomic E-state index is 9.84. The molecule has 0 amide bonds. The second kappa shape index (κ2) is 4.61. The molecule has 13 heavy (non-hydrogen) atoms. The summed E-state index contributed by atoms with van der Waals surface area (Å²) in [5, 5.41) is 9.84. The van der Waals surface area contributed by atoms with Gasteiger partial charge in [-0.05, 0) is 38.0 Å². The second-order valence-corrected chi connectivity index (χ2v) is 5.28. The number of aliphatic hydroxyl groups excluding tert-OH is 1. The highest BCUT2D eigenvalue weighted by Crippen LogP contribution is 2.34. The van der Waals surface area contributed by atoms with Crippen molar-refractivity contribution in [1.29, 1.82) is 0 Å². The lowest BCUT2D eigenvalue weighted by atomic mass is 9.88. The molecule has 0 aromatic rings. The number of allylic oxidation sites excluding steroid dienone is 1. The van der Waals surface area contributed by atoms with E-state index in [0.29, 0.717) is 11.8 Å². The Balaban J connectivity index is 2.69. The van der Waals surface area contributed by atoms with Crippen LogP contribution in [-0.2, 0) is 0 Å². The van der Waals surface area contributed by atoms with Crippen molar-refractivity contribution in [3.05, 3.63) is 10.1 Å². The number of hydrogen-bond acceptors (Lipinski definition) is 1. The predicted molar refractivity (Wildman–Crippen MR) is 59.8 cm³/mol. The Morgan fingerprint density at radius 2 is 2.08 bits per heavy atom. The van der Waals surface area contributed by atoms with Crippen molar-refractivity contribution in [3.63, 3.8) is 0 Å². The summed E-state index contributed by atoms with van der Waals surface area (Å²) in [7, 11) is 0. The van der Waals surface area contributed by atoms with Gasteiger partial charge in [-0.15, -0.1) is 0 Å². The van der Waals surface area contributed by atoms with Crippen molar-refractivity contribution < 1.29 is 5.11 Å². The van der Waals surface area contributed by atoms with E-state index < -0.39 is 0 Å². The molecule has 0 radical (unpaired) electrons. The van der Waals surface area contributed by atoms with Gasteiger partial charge in [-0.2, -0.15) is 0 Å². The molecule has 1 rings (SSSR count). The quantitative estimate of drug-likeness (QED) is 0.752. The molecule has 0 aromatic heterocycles. The summed E-state index contributed by atoms with van der Waals surface area (Å²) < 4.78 is 1.02. The largest absolute Gasteiger partial charge is 0.388 e. The van der Waals surface area contributed by atoms with E-state index >= 15 is 0 Å². The first-order chi connectivity index (χ1) is 6.02. The molecule has 1 aliphatic carbocycles. The van der Waals surface area contributed by atoms with Gasteiger partial charge in [-0.1, -0.05) is 35.4 Å². The minimum Gasteiger partial charge on any atom is -0.388 e. The number of rotatable bonds is 1. The SMILES string of the molecule is CC1=C(Br)[C@@H](O)C[C@H](C(C)C)CC1. The molecular weight excluding hydrogens is 228 g/mol. The zero-order valence-electron chi connectivity index (χ0n) is 8.68. The third-order valence-corrected chi connectivity index (χ3v) is 4.26. The van der Waals surface area contributed by atoms with E-state index in [1.165, 1.54) is 12.0 Å². The fourth-order valence-corrected chi connectivity index (χ4v) is 2.30. The molecule has 0 spiro atoms. The second-order valence-electron chi connectivity index (χ2n) is 4.42. The molecule has 76 valence electrons. The number of hydrogen-bond donors (Lipinski definition) is 1. The summed E-state index contributed by atoms with van der Waals surface area (Å²) in [6.45, 7) is 6.59. The topological polar surface area (TPSA) is 20.2 Å². The van der Waals surface area contributed by atoms with E-state index in [2.05, 4.69) is 36.7 Å². The van der Waals surface area contributed by atoms with Gasteiger partial charge in [0.15, 0.2) is 0 Å². The lowest BCUT2D eigenvalue weighted by Crippen LogP contribution is -2.16. The fraction of sp³-hybridized carbons (Fsp3) is 0.818. The first-order valence-corrected chi connectivity index (χ1v) is 5.85. The smallest absolute Gasteiger partial charge is 0.0856 e. The van der Waals surface area contributed by atoms with Crippen LogP contribution >= 0.6 is 15.9 Å². The van der Waals surface area contributed by atoms with Gasteiger partial charge >= 0.3 is 0 Å². The maximum absolute atomic E-state index is 9.84. The van der Waals surface area contributed by atoms with Crippen LogP contribution in [0.5, 0.6) is 0 Å². The normalized spacial score (nSPS) is 30.9. The monoisotopic (exact) mass is 246 g/mol. The minimum absolute atomic E-state index is 0.269. The summed E-state index contributed by atoms with van der Waals surface area (Å²) in [6, 6.07) is 0. The Kier molecular flexibility index (Phi) is 3.99. The molecular formula is C11H19BrO. The average molecular weight is 247 g/mol. The molecule has 0 saturated carbocycles. The van der Waals surface area contributed by atoms with E-state index in [9.17, 15) is 5.11 Å². The summed E-state index contributed by atoms with van der Waals surface area (Å²) in [5.41, 5.74) is 1.32. The molecule has 1 N–H and O–H groups in total. The molecule has 0 fully saturated rings. The highest BCUT2D eigenvalue weighted by atomic mass is 79.9. The third-order valence-electron chi connectivity index (χ3n) is 3.06. The van der Waals surface area contributed by atoms with Crippen molar-refractivity contribution in [2.24, 2.45) is 11.8 Å². The van der Waals surface area contributed by atoms with Crippen molar-refractivity contribution in [1.82, 2.24) is 0 Å². The Labute approximate surface area is 89.4 Å². The zero-order valence-corrected chi connectivity index (χ0v) is 10.3. The zero-order chi connectivity index (χ0) is 10.0. The summed E-state index contributed by atoms with van der Waals surface area (Å²) >= 11 is 3.48. The Bertz CT molecular complexity index is 208. The molecule has 0 aromatic carbocycles. The predicted octanol–water partition coefficient (Wildman–Crippen LogP) is 3.47. The van der Waals surface area contributed by atoms with Gasteiger partial charge in [0.1, 0.15) is 0 Å². The number of aliphatic hydroxyl groups is 1. The van der Waals surface area contributed by atoms with Gasteiger partial charge in [0.2, 0.25) is 0 Å². The van der Waals surface area contributed by atoms with E-state index in [-0.39, 0.29) is 6.10 Å². The van der Waals surface area contributed by atoms with Crippen molar-refractivity contribution in [3.8, 4) is 0 Å².